The van der Waals surface area contributed by atoms with E-state index >= 15 is 0 Å². The molecule has 31 heavy (non-hydrogen) atoms. The van der Waals surface area contributed by atoms with Gasteiger partial charge < -0.3 is 26.2 Å². The van der Waals surface area contributed by atoms with Gasteiger partial charge in [0.1, 0.15) is 24.8 Å². The third-order valence-corrected chi connectivity index (χ3v) is 4.93. The molecule has 0 fully saturated rings. The molecular weight excluding hydrogens is 398 g/mol. The summed E-state index contributed by atoms with van der Waals surface area (Å²) in [6.45, 7) is 9.28. The van der Waals surface area contributed by atoms with E-state index in [2.05, 4.69) is 10.6 Å². The first-order valence-electron chi connectivity index (χ1n) is 10.8. The third-order valence-electron chi connectivity index (χ3n) is 4.93. The van der Waals surface area contributed by atoms with Crippen LogP contribution in [0.2, 0.25) is 0 Å². The smallest absolute Gasteiger partial charge is 0.329 e. The molecule has 1 aromatic carbocycles. The number of amides is 2. The van der Waals surface area contributed by atoms with Gasteiger partial charge in [0.05, 0.1) is 0 Å². The number of benzene rings is 1. The first-order chi connectivity index (χ1) is 14.6. The molecule has 8 nitrogen and oxygen atoms in total. The Labute approximate surface area is 184 Å². The van der Waals surface area contributed by atoms with Crippen molar-refractivity contribution in [1.29, 1.82) is 0 Å². The number of nitrogens with two attached hydrogens (primary N) is 1. The maximum atomic E-state index is 12.9. The molecule has 0 bridgehead atoms. The van der Waals surface area contributed by atoms with Crippen molar-refractivity contribution in [3.05, 3.63) is 35.9 Å². The van der Waals surface area contributed by atoms with Crippen molar-refractivity contribution in [2.45, 2.75) is 78.3 Å². The van der Waals surface area contributed by atoms with Gasteiger partial charge in [-0.2, -0.15) is 0 Å². The maximum absolute atomic E-state index is 12.9. The van der Waals surface area contributed by atoms with Gasteiger partial charge in [-0.15, -0.1) is 0 Å². The molecular formula is C23H37N3O5. The van der Waals surface area contributed by atoms with Gasteiger partial charge in [0.25, 0.3) is 5.91 Å². The average Bonchev–Trinajstić information content (AvgIpc) is 2.74. The van der Waals surface area contributed by atoms with E-state index in [1.807, 2.05) is 44.2 Å². The fourth-order valence-corrected chi connectivity index (χ4v) is 2.95. The highest BCUT2D eigenvalue weighted by Crippen LogP contribution is 2.11. The van der Waals surface area contributed by atoms with Crippen LogP contribution in [0.15, 0.2) is 30.3 Å². The van der Waals surface area contributed by atoms with Gasteiger partial charge in [0.2, 0.25) is 5.91 Å². The van der Waals surface area contributed by atoms with E-state index in [0.717, 1.165) is 5.56 Å². The first kappa shape index (κ1) is 26.6. The summed E-state index contributed by atoms with van der Waals surface area (Å²) in [5, 5.41) is 15.3. The lowest BCUT2D eigenvalue weighted by atomic mass is 9.99. The lowest BCUT2D eigenvalue weighted by Gasteiger charge is -2.27. The second kappa shape index (κ2) is 13.1. The molecule has 2 amide bonds. The molecule has 174 valence electrons. The summed E-state index contributed by atoms with van der Waals surface area (Å²) in [7, 11) is 0. The summed E-state index contributed by atoms with van der Waals surface area (Å²) in [6, 6.07) is 6.76. The van der Waals surface area contributed by atoms with E-state index in [0.29, 0.717) is 12.8 Å². The lowest BCUT2D eigenvalue weighted by molar-refractivity contribution is -0.150. The summed E-state index contributed by atoms with van der Waals surface area (Å²) < 4.78 is 5.38. The monoisotopic (exact) mass is 435 g/mol. The average molecular weight is 436 g/mol. The van der Waals surface area contributed by atoms with Crippen LogP contribution in [0.4, 0.5) is 0 Å². The topological polar surface area (TPSA) is 131 Å². The van der Waals surface area contributed by atoms with E-state index in [1.54, 1.807) is 20.8 Å². The predicted octanol–water partition coefficient (Wildman–Crippen LogP) is 1.50. The molecule has 0 spiro atoms. The van der Waals surface area contributed by atoms with Crippen molar-refractivity contribution in [2.75, 3.05) is 0 Å². The molecule has 0 heterocycles. The Morgan fingerprint density at radius 2 is 1.65 bits per heavy atom. The van der Waals surface area contributed by atoms with Crippen molar-refractivity contribution in [2.24, 2.45) is 17.6 Å². The SMILES string of the molecule is CC[C@H](N)[C@@H](O)C(=O)N[C@H](CC(C)C)C(=O)N[C@H](C(=O)OCc1ccccc1)C(C)C. The van der Waals surface area contributed by atoms with Gasteiger partial charge >= 0.3 is 5.97 Å². The Kier molecular flexibility index (Phi) is 11.2. The van der Waals surface area contributed by atoms with Crippen LogP contribution in [0.25, 0.3) is 0 Å². The number of esters is 1. The molecule has 5 N–H and O–H groups in total. The van der Waals surface area contributed by atoms with Crippen molar-refractivity contribution in [1.82, 2.24) is 10.6 Å². The molecule has 0 saturated heterocycles. The fraction of sp³-hybridized carbons (Fsp3) is 0.609. The van der Waals surface area contributed by atoms with E-state index in [9.17, 15) is 19.5 Å². The van der Waals surface area contributed by atoms with Gasteiger partial charge in [-0.3, -0.25) is 9.59 Å². The minimum absolute atomic E-state index is 0.0931. The second-order valence-electron chi connectivity index (χ2n) is 8.53. The zero-order chi connectivity index (χ0) is 23.6. The number of ether oxygens (including phenoxy) is 1. The molecule has 0 aliphatic rings. The summed E-state index contributed by atoms with van der Waals surface area (Å²) in [4.78, 5) is 37.9. The molecule has 0 unspecified atom stereocenters. The number of carbonyl (C=O) groups excluding carboxylic acids is 3. The third kappa shape index (κ3) is 9.06. The molecule has 0 aliphatic carbocycles. The van der Waals surface area contributed by atoms with Crippen molar-refractivity contribution < 1.29 is 24.2 Å². The molecule has 1 rings (SSSR count). The Bertz CT molecular complexity index is 708. The molecule has 1 aromatic rings. The highest BCUT2D eigenvalue weighted by molar-refractivity contribution is 5.92. The number of aliphatic hydroxyl groups excluding tert-OH is 1. The van der Waals surface area contributed by atoms with Crippen LogP contribution < -0.4 is 16.4 Å². The van der Waals surface area contributed by atoms with Crippen LogP contribution >= 0.6 is 0 Å². The minimum atomic E-state index is -1.41. The quantitative estimate of drug-likeness (QED) is 0.368. The zero-order valence-electron chi connectivity index (χ0n) is 19.1. The number of nitrogens with one attached hydrogen (secondary N) is 2. The van der Waals surface area contributed by atoms with Gasteiger partial charge in [-0.1, -0.05) is 65.0 Å². The van der Waals surface area contributed by atoms with E-state index in [1.165, 1.54) is 0 Å². The fourth-order valence-electron chi connectivity index (χ4n) is 2.95. The van der Waals surface area contributed by atoms with Crippen LogP contribution in [0.3, 0.4) is 0 Å². The molecule has 0 aromatic heterocycles. The van der Waals surface area contributed by atoms with Crippen molar-refractivity contribution in [3.8, 4) is 0 Å². The second-order valence-corrected chi connectivity index (χ2v) is 8.53. The van der Waals surface area contributed by atoms with Crippen LogP contribution in [-0.2, 0) is 25.7 Å². The Morgan fingerprint density at radius 1 is 1.03 bits per heavy atom. The standard InChI is InChI=1S/C23H37N3O5/c1-6-17(24)20(27)22(29)25-18(12-14(2)3)21(28)26-19(15(4)5)23(30)31-13-16-10-8-7-9-11-16/h7-11,14-15,17-20,27H,6,12-13,24H2,1-5H3,(H,25,29)(H,26,28)/t17-,18+,19-,20+/m0/s1. The molecule has 8 heteroatoms. The molecule has 4 atom stereocenters. The zero-order valence-corrected chi connectivity index (χ0v) is 19.1. The summed E-state index contributed by atoms with van der Waals surface area (Å²) in [6.07, 6.45) is -0.655. The van der Waals surface area contributed by atoms with Crippen LogP contribution in [0.1, 0.15) is 53.0 Å². The summed E-state index contributed by atoms with van der Waals surface area (Å²) >= 11 is 0. The summed E-state index contributed by atoms with van der Waals surface area (Å²) in [5.41, 5.74) is 6.58. The van der Waals surface area contributed by atoms with Crippen LogP contribution in [-0.4, -0.2) is 47.1 Å². The van der Waals surface area contributed by atoms with Gasteiger partial charge in [-0.05, 0) is 30.2 Å². The van der Waals surface area contributed by atoms with Crippen molar-refractivity contribution >= 4 is 17.8 Å². The Morgan fingerprint density at radius 3 is 2.16 bits per heavy atom. The molecule has 0 radical (unpaired) electrons. The Balaban J connectivity index is 2.83. The van der Waals surface area contributed by atoms with Crippen LogP contribution in [0, 0.1) is 11.8 Å². The minimum Gasteiger partial charge on any atom is -0.459 e. The number of rotatable bonds is 12. The number of aliphatic hydroxyl groups is 1. The van der Waals surface area contributed by atoms with E-state index < -0.39 is 42.0 Å². The summed E-state index contributed by atoms with van der Waals surface area (Å²) in [5.74, 6) is -1.88. The lowest BCUT2D eigenvalue weighted by Crippen LogP contribution is -2.56. The van der Waals surface area contributed by atoms with Crippen molar-refractivity contribution in [3.63, 3.8) is 0 Å². The highest BCUT2D eigenvalue weighted by Gasteiger charge is 2.32. The first-order valence-corrected chi connectivity index (χ1v) is 10.8. The number of carbonyl (C=O) groups is 3. The molecule has 0 saturated carbocycles. The van der Waals surface area contributed by atoms with Gasteiger partial charge in [0, 0.05) is 6.04 Å². The van der Waals surface area contributed by atoms with E-state index in [-0.39, 0.29) is 18.4 Å². The van der Waals surface area contributed by atoms with Gasteiger partial charge in [-0.25, -0.2) is 4.79 Å². The highest BCUT2D eigenvalue weighted by atomic mass is 16.5. The number of hydrogen-bond acceptors (Lipinski definition) is 6. The largest absolute Gasteiger partial charge is 0.459 e. The normalized spacial score (nSPS) is 15.1. The predicted molar refractivity (Wildman–Crippen MR) is 119 cm³/mol. The van der Waals surface area contributed by atoms with E-state index in [4.69, 9.17) is 10.5 Å². The van der Waals surface area contributed by atoms with Gasteiger partial charge in [0.15, 0.2) is 0 Å². The van der Waals surface area contributed by atoms with Crippen LogP contribution in [0.5, 0.6) is 0 Å². The maximum Gasteiger partial charge on any atom is 0.329 e. The number of hydrogen-bond donors (Lipinski definition) is 4. The molecule has 0 aliphatic heterocycles. The Hall–Kier alpha value is -2.45.